The van der Waals surface area contributed by atoms with Gasteiger partial charge in [-0.3, -0.25) is 4.79 Å². The molecule has 3 aromatic rings. The van der Waals surface area contributed by atoms with Gasteiger partial charge < -0.3 is 4.74 Å². The van der Waals surface area contributed by atoms with E-state index in [1.807, 2.05) is 22.9 Å². The SMILES string of the molecule is O=C(Cc1csc(-c2cccs2)n1)Oc1ccc(Br)cc1F. The molecule has 0 aliphatic carbocycles. The summed E-state index contributed by atoms with van der Waals surface area (Å²) in [7, 11) is 0. The van der Waals surface area contributed by atoms with E-state index in [0.29, 0.717) is 10.2 Å². The van der Waals surface area contributed by atoms with Gasteiger partial charge in [-0.1, -0.05) is 22.0 Å². The van der Waals surface area contributed by atoms with E-state index in [1.165, 1.54) is 23.5 Å². The number of hydrogen-bond donors (Lipinski definition) is 0. The van der Waals surface area contributed by atoms with Gasteiger partial charge in [-0.15, -0.1) is 22.7 Å². The highest BCUT2D eigenvalue weighted by Crippen LogP contribution is 2.28. The van der Waals surface area contributed by atoms with Crippen LogP contribution in [0.4, 0.5) is 4.39 Å². The molecular weight excluding hydrogens is 389 g/mol. The Hall–Kier alpha value is -1.57. The molecule has 0 aliphatic heterocycles. The third kappa shape index (κ3) is 3.60. The maximum Gasteiger partial charge on any atom is 0.317 e. The van der Waals surface area contributed by atoms with Gasteiger partial charge in [0.2, 0.25) is 0 Å². The summed E-state index contributed by atoms with van der Waals surface area (Å²) in [5.74, 6) is -1.20. The van der Waals surface area contributed by atoms with Crippen LogP contribution in [0.2, 0.25) is 0 Å². The number of aromatic nitrogens is 1. The fourth-order valence-corrected chi connectivity index (χ4v) is 3.73. The summed E-state index contributed by atoms with van der Waals surface area (Å²) in [6.45, 7) is 0. The normalized spacial score (nSPS) is 10.6. The highest BCUT2D eigenvalue weighted by atomic mass is 79.9. The standard InChI is InChI=1S/C15H9BrFNO2S2/c16-9-3-4-12(11(17)6-9)20-14(19)7-10-8-22-15(18-10)13-2-1-5-21-13/h1-6,8H,7H2. The van der Waals surface area contributed by atoms with Crippen LogP contribution in [0.5, 0.6) is 5.75 Å². The Kier molecular flexibility index (Phi) is 4.66. The molecule has 0 saturated carbocycles. The van der Waals surface area contributed by atoms with Crippen molar-refractivity contribution in [2.24, 2.45) is 0 Å². The number of hydrogen-bond acceptors (Lipinski definition) is 5. The Morgan fingerprint density at radius 2 is 2.18 bits per heavy atom. The van der Waals surface area contributed by atoms with Crippen molar-refractivity contribution in [2.75, 3.05) is 0 Å². The molecule has 0 spiro atoms. The molecule has 2 aromatic heterocycles. The fraction of sp³-hybridized carbons (Fsp3) is 0.0667. The molecule has 0 bridgehead atoms. The Bertz CT molecular complexity index is 802. The number of esters is 1. The molecule has 0 amide bonds. The minimum Gasteiger partial charge on any atom is -0.423 e. The number of ether oxygens (including phenoxy) is 1. The van der Waals surface area contributed by atoms with Crippen molar-refractivity contribution in [3.63, 3.8) is 0 Å². The maximum atomic E-state index is 13.6. The minimum atomic E-state index is -0.583. The third-order valence-electron chi connectivity index (χ3n) is 2.73. The molecule has 2 heterocycles. The van der Waals surface area contributed by atoms with Crippen molar-refractivity contribution < 1.29 is 13.9 Å². The Balaban J connectivity index is 1.67. The number of benzene rings is 1. The van der Waals surface area contributed by atoms with Gasteiger partial charge in [-0.2, -0.15) is 0 Å². The number of nitrogens with zero attached hydrogens (tertiary/aromatic N) is 1. The molecule has 0 radical (unpaired) electrons. The zero-order valence-corrected chi connectivity index (χ0v) is 14.3. The summed E-state index contributed by atoms with van der Waals surface area (Å²) < 4.78 is 19.2. The summed E-state index contributed by atoms with van der Waals surface area (Å²) in [4.78, 5) is 17.3. The van der Waals surface area contributed by atoms with Crippen LogP contribution < -0.4 is 4.74 Å². The van der Waals surface area contributed by atoms with Gasteiger partial charge in [0, 0.05) is 9.85 Å². The summed E-state index contributed by atoms with van der Waals surface area (Å²) in [6, 6.07) is 8.20. The first-order valence-corrected chi connectivity index (χ1v) is 8.81. The average molecular weight is 398 g/mol. The molecule has 7 heteroatoms. The molecule has 0 atom stereocenters. The van der Waals surface area contributed by atoms with Crippen molar-refractivity contribution in [3.8, 4) is 15.6 Å². The number of thiophene rings is 1. The van der Waals surface area contributed by atoms with Crippen LogP contribution in [0.15, 0.2) is 45.6 Å². The van der Waals surface area contributed by atoms with Crippen molar-refractivity contribution in [2.45, 2.75) is 6.42 Å². The van der Waals surface area contributed by atoms with E-state index in [0.717, 1.165) is 9.88 Å². The Morgan fingerprint density at radius 1 is 1.32 bits per heavy atom. The zero-order chi connectivity index (χ0) is 15.5. The predicted octanol–water partition coefficient (Wildman–Crippen LogP) is 4.92. The van der Waals surface area contributed by atoms with Crippen LogP contribution in [0.3, 0.4) is 0 Å². The second-order valence-electron chi connectivity index (χ2n) is 4.35. The van der Waals surface area contributed by atoms with Gasteiger partial charge in [0.15, 0.2) is 11.6 Å². The summed E-state index contributed by atoms with van der Waals surface area (Å²) in [5.41, 5.74) is 0.621. The third-order valence-corrected chi connectivity index (χ3v) is 5.15. The number of carbonyl (C=O) groups excluding carboxylic acids is 1. The topological polar surface area (TPSA) is 39.2 Å². The van der Waals surface area contributed by atoms with Crippen LogP contribution in [0.25, 0.3) is 9.88 Å². The predicted molar refractivity (Wildman–Crippen MR) is 88.9 cm³/mol. The summed E-state index contributed by atoms with van der Waals surface area (Å²) in [6.07, 6.45) is 0.0113. The second kappa shape index (κ2) is 6.68. The smallest absolute Gasteiger partial charge is 0.317 e. The van der Waals surface area contributed by atoms with Gasteiger partial charge in [-0.05, 0) is 29.6 Å². The Morgan fingerprint density at radius 3 is 2.91 bits per heavy atom. The number of rotatable bonds is 4. The maximum absolute atomic E-state index is 13.6. The lowest BCUT2D eigenvalue weighted by molar-refractivity contribution is -0.133. The summed E-state index contributed by atoms with van der Waals surface area (Å²) in [5, 5.41) is 4.66. The van der Waals surface area contributed by atoms with E-state index in [9.17, 15) is 9.18 Å². The van der Waals surface area contributed by atoms with E-state index in [2.05, 4.69) is 20.9 Å². The molecule has 0 unspecified atom stereocenters. The van der Waals surface area contributed by atoms with E-state index in [-0.39, 0.29) is 12.2 Å². The largest absolute Gasteiger partial charge is 0.423 e. The van der Waals surface area contributed by atoms with Crippen molar-refractivity contribution in [1.29, 1.82) is 0 Å². The van der Waals surface area contributed by atoms with Gasteiger partial charge in [0.25, 0.3) is 0 Å². The fourth-order valence-electron chi connectivity index (χ4n) is 1.77. The van der Waals surface area contributed by atoms with Crippen LogP contribution in [0.1, 0.15) is 5.69 Å². The van der Waals surface area contributed by atoms with Crippen molar-refractivity contribution >= 4 is 44.6 Å². The molecule has 0 aliphatic rings. The minimum absolute atomic E-state index is 0.0113. The first-order chi connectivity index (χ1) is 10.6. The average Bonchev–Trinajstić information content (AvgIpc) is 3.12. The molecule has 3 rings (SSSR count). The van der Waals surface area contributed by atoms with Gasteiger partial charge in [-0.25, -0.2) is 9.37 Å². The monoisotopic (exact) mass is 397 g/mol. The van der Waals surface area contributed by atoms with Crippen LogP contribution in [-0.2, 0) is 11.2 Å². The Labute approximate surface area is 142 Å². The highest BCUT2D eigenvalue weighted by molar-refractivity contribution is 9.10. The first kappa shape index (κ1) is 15.3. The van der Waals surface area contributed by atoms with E-state index < -0.39 is 11.8 Å². The quantitative estimate of drug-likeness (QED) is 0.463. The first-order valence-electron chi connectivity index (χ1n) is 6.26. The van der Waals surface area contributed by atoms with Gasteiger partial charge in [0.05, 0.1) is 17.0 Å². The lowest BCUT2D eigenvalue weighted by atomic mass is 10.3. The molecule has 3 nitrogen and oxygen atoms in total. The molecule has 22 heavy (non-hydrogen) atoms. The van der Waals surface area contributed by atoms with Crippen LogP contribution in [0, 0.1) is 5.82 Å². The highest BCUT2D eigenvalue weighted by Gasteiger charge is 2.13. The number of carbonyl (C=O) groups is 1. The van der Waals surface area contributed by atoms with E-state index >= 15 is 0 Å². The van der Waals surface area contributed by atoms with Crippen molar-refractivity contribution in [3.05, 3.63) is 57.1 Å². The zero-order valence-electron chi connectivity index (χ0n) is 11.1. The molecule has 0 saturated heterocycles. The molecular formula is C15H9BrFNO2S2. The van der Waals surface area contributed by atoms with E-state index in [4.69, 9.17) is 4.74 Å². The number of thiazole rings is 1. The van der Waals surface area contributed by atoms with Gasteiger partial charge in [0.1, 0.15) is 5.01 Å². The second-order valence-corrected chi connectivity index (χ2v) is 7.07. The van der Waals surface area contributed by atoms with Gasteiger partial charge >= 0.3 is 5.97 Å². The van der Waals surface area contributed by atoms with Crippen LogP contribution >= 0.6 is 38.6 Å². The molecule has 0 N–H and O–H groups in total. The van der Waals surface area contributed by atoms with Crippen molar-refractivity contribution in [1.82, 2.24) is 4.98 Å². The van der Waals surface area contributed by atoms with E-state index in [1.54, 1.807) is 17.4 Å². The lowest BCUT2D eigenvalue weighted by Gasteiger charge is -2.04. The molecule has 0 fully saturated rings. The molecule has 1 aromatic carbocycles. The summed E-state index contributed by atoms with van der Waals surface area (Å²) >= 11 is 6.21. The van der Waals surface area contributed by atoms with Crippen LogP contribution in [-0.4, -0.2) is 11.0 Å². The number of halogens is 2. The molecule has 112 valence electrons. The lowest BCUT2D eigenvalue weighted by Crippen LogP contribution is -2.12.